The third kappa shape index (κ3) is 3.01. The SMILES string of the molecule is c1ccc2c(c1)Oc1cccc3nc(-c4ccc(-n5c6ccccc6c6cc7ccccc7cc65)cc4)nc-2c13. The fourth-order valence-corrected chi connectivity index (χ4v) is 6.12. The van der Waals surface area contributed by atoms with Gasteiger partial charge in [-0.2, -0.15) is 0 Å². The average Bonchev–Trinajstić information content (AvgIpc) is 3.33. The summed E-state index contributed by atoms with van der Waals surface area (Å²) in [5.41, 5.74) is 7.25. The van der Waals surface area contributed by atoms with Gasteiger partial charge in [0.1, 0.15) is 11.5 Å². The summed E-state index contributed by atoms with van der Waals surface area (Å²) in [6.45, 7) is 0. The van der Waals surface area contributed by atoms with Crippen LogP contribution < -0.4 is 4.74 Å². The van der Waals surface area contributed by atoms with Crippen LogP contribution in [0.5, 0.6) is 11.5 Å². The van der Waals surface area contributed by atoms with Crippen molar-refractivity contribution in [2.45, 2.75) is 0 Å². The van der Waals surface area contributed by atoms with Crippen molar-refractivity contribution in [1.29, 1.82) is 0 Å². The molecule has 9 rings (SSSR count). The molecule has 4 heteroatoms. The summed E-state index contributed by atoms with van der Waals surface area (Å²) in [5.74, 6) is 2.32. The maximum absolute atomic E-state index is 6.17. The van der Waals surface area contributed by atoms with Crippen molar-refractivity contribution in [3.8, 4) is 39.8 Å². The quantitative estimate of drug-likeness (QED) is 0.232. The molecule has 2 aromatic heterocycles. The fourth-order valence-electron chi connectivity index (χ4n) is 6.12. The Labute approximate surface area is 229 Å². The van der Waals surface area contributed by atoms with E-state index in [-0.39, 0.29) is 0 Å². The Morgan fingerprint density at radius 1 is 0.550 bits per heavy atom. The van der Waals surface area contributed by atoms with Gasteiger partial charge in [-0.05, 0) is 77.5 Å². The Bertz CT molecular complexity index is 2300. The molecule has 0 spiro atoms. The van der Waals surface area contributed by atoms with Crippen LogP contribution in [0.4, 0.5) is 0 Å². The third-order valence-electron chi connectivity index (χ3n) is 7.97. The van der Waals surface area contributed by atoms with E-state index in [0.717, 1.165) is 44.9 Å². The minimum absolute atomic E-state index is 0.705. The number of hydrogen-bond acceptors (Lipinski definition) is 3. The predicted octanol–water partition coefficient (Wildman–Crippen LogP) is 9.32. The highest BCUT2D eigenvalue weighted by molar-refractivity contribution is 6.13. The molecule has 1 aliphatic rings. The van der Waals surface area contributed by atoms with Crippen molar-refractivity contribution < 1.29 is 4.74 Å². The van der Waals surface area contributed by atoms with E-state index >= 15 is 0 Å². The van der Waals surface area contributed by atoms with Gasteiger partial charge in [0.2, 0.25) is 0 Å². The molecule has 0 saturated heterocycles. The molecule has 0 saturated carbocycles. The van der Waals surface area contributed by atoms with Crippen LogP contribution in [-0.4, -0.2) is 14.5 Å². The third-order valence-corrected chi connectivity index (χ3v) is 7.97. The number of nitrogens with zero attached hydrogens (tertiary/aromatic N) is 3. The molecule has 0 fully saturated rings. The molecule has 1 aliphatic heterocycles. The van der Waals surface area contributed by atoms with Gasteiger partial charge in [-0.15, -0.1) is 0 Å². The van der Waals surface area contributed by atoms with Crippen LogP contribution in [0.25, 0.3) is 71.8 Å². The lowest BCUT2D eigenvalue weighted by molar-refractivity contribution is 0.486. The smallest absolute Gasteiger partial charge is 0.160 e. The molecule has 186 valence electrons. The molecule has 0 bridgehead atoms. The molecule has 0 unspecified atom stereocenters. The maximum Gasteiger partial charge on any atom is 0.160 e. The molecule has 6 aromatic carbocycles. The number of ether oxygens (including phenoxy) is 1. The average molecular weight is 512 g/mol. The van der Waals surface area contributed by atoms with Gasteiger partial charge in [-0.3, -0.25) is 0 Å². The second kappa shape index (κ2) is 8.01. The standard InChI is InChI=1S/C36H21N3O/c1-2-9-24-21-31-28(20-23(24)8-1)26-10-3-5-13-30(26)39(31)25-18-16-22(17-19-25)36-37-29-12-7-15-33-34(29)35(38-36)27-11-4-6-14-32(27)40-33/h1-21H. The number of hydrogen-bond donors (Lipinski definition) is 0. The van der Waals surface area contributed by atoms with Crippen molar-refractivity contribution in [2.75, 3.05) is 0 Å². The van der Waals surface area contributed by atoms with Crippen LogP contribution in [0.3, 0.4) is 0 Å². The Hall–Kier alpha value is -5.48. The van der Waals surface area contributed by atoms with E-state index in [9.17, 15) is 0 Å². The zero-order valence-electron chi connectivity index (χ0n) is 21.4. The topological polar surface area (TPSA) is 39.9 Å². The Kier molecular flexibility index (Phi) is 4.30. The van der Waals surface area contributed by atoms with Crippen LogP contribution in [0, 0.1) is 0 Å². The normalized spacial score (nSPS) is 12.2. The van der Waals surface area contributed by atoms with Gasteiger partial charge in [0.15, 0.2) is 5.82 Å². The van der Waals surface area contributed by atoms with Crippen LogP contribution in [0.1, 0.15) is 0 Å². The Morgan fingerprint density at radius 3 is 2.20 bits per heavy atom. The van der Waals surface area contributed by atoms with Crippen LogP contribution in [0.2, 0.25) is 0 Å². The number of para-hydroxylation sites is 2. The summed E-state index contributed by atoms with van der Waals surface area (Å²) in [5, 5.41) is 5.95. The van der Waals surface area contributed by atoms with Crippen molar-refractivity contribution in [3.05, 3.63) is 127 Å². The van der Waals surface area contributed by atoms with E-state index in [1.807, 2.05) is 36.4 Å². The van der Waals surface area contributed by atoms with E-state index in [0.29, 0.717) is 5.82 Å². The van der Waals surface area contributed by atoms with Crippen molar-refractivity contribution in [2.24, 2.45) is 0 Å². The lowest BCUT2D eigenvalue weighted by Crippen LogP contribution is -2.02. The number of rotatable bonds is 2. The summed E-state index contributed by atoms with van der Waals surface area (Å²) >= 11 is 0. The first-order valence-electron chi connectivity index (χ1n) is 13.4. The van der Waals surface area contributed by atoms with E-state index in [2.05, 4.69) is 95.6 Å². The van der Waals surface area contributed by atoms with Gasteiger partial charge in [0.25, 0.3) is 0 Å². The molecule has 0 N–H and O–H groups in total. The summed E-state index contributed by atoms with van der Waals surface area (Å²) in [6, 6.07) is 44.4. The Morgan fingerprint density at radius 2 is 1.30 bits per heavy atom. The molecule has 0 aliphatic carbocycles. The predicted molar refractivity (Wildman–Crippen MR) is 162 cm³/mol. The summed E-state index contributed by atoms with van der Waals surface area (Å²) in [6.07, 6.45) is 0. The van der Waals surface area contributed by atoms with Gasteiger partial charge in [0.05, 0.1) is 27.6 Å². The molecule has 4 nitrogen and oxygen atoms in total. The van der Waals surface area contributed by atoms with E-state index in [1.54, 1.807) is 0 Å². The highest BCUT2D eigenvalue weighted by Crippen LogP contribution is 2.45. The molecule has 0 atom stereocenters. The first-order valence-corrected chi connectivity index (χ1v) is 13.4. The number of fused-ring (bicyclic) bond motifs is 6. The zero-order chi connectivity index (χ0) is 26.2. The van der Waals surface area contributed by atoms with Crippen molar-refractivity contribution in [1.82, 2.24) is 14.5 Å². The van der Waals surface area contributed by atoms with Crippen LogP contribution in [-0.2, 0) is 0 Å². The zero-order valence-corrected chi connectivity index (χ0v) is 21.4. The molecular formula is C36H21N3O. The van der Waals surface area contributed by atoms with Gasteiger partial charge < -0.3 is 9.30 Å². The monoisotopic (exact) mass is 511 g/mol. The van der Waals surface area contributed by atoms with Crippen molar-refractivity contribution >= 4 is 43.5 Å². The molecule has 8 aromatic rings. The largest absolute Gasteiger partial charge is 0.456 e. The molecule has 0 radical (unpaired) electrons. The van der Waals surface area contributed by atoms with Gasteiger partial charge in [-0.1, -0.05) is 60.7 Å². The molecular weight excluding hydrogens is 490 g/mol. The van der Waals surface area contributed by atoms with Crippen LogP contribution in [0.15, 0.2) is 127 Å². The highest BCUT2D eigenvalue weighted by Gasteiger charge is 2.23. The van der Waals surface area contributed by atoms with E-state index in [1.165, 1.54) is 32.6 Å². The molecule has 40 heavy (non-hydrogen) atoms. The molecule has 3 heterocycles. The minimum atomic E-state index is 0.705. The highest BCUT2D eigenvalue weighted by atomic mass is 16.5. The van der Waals surface area contributed by atoms with E-state index < -0.39 is 0 Å². The first-order chi connectivity index (χ1) is 19.8. The summed E-state index contributed by atoms with van der Waals surface area (Å²) < 4.78 is 8.52. The first kappa shape index (κ1) is 21.5. The second-order valence-electron chi connectivity index (χ2n) is 10.3. The van der Waals surface area contributed by atoms with Crippen molar-refractivity contribution in [3.63, 3.8) is 0 Å². The maximum atomic E-state index is 6.17. The summed E-state index contributed by atoms with van der Waals surface area (Å²) in [4.78, 5) is 10.0. The van der Waals surface area contributed by atoms with Gasteiger partial charge >= 0.3 is 0 Å². The minimum Gasteiger partial charge on any atom is -0.456 e. The number of aromatic nitrogens is 3. The van der Waals surface area contributed by atoms with Crippen LogP contribution >= 0.6 is 0 Å². The van der Waals surface area contributed by atoms with Gasteiger partial charge in [0, 0.05) is 27.6 Å². The lowest BCUT2D eigenvalue weighted by atomic mass is 10.0. The Balaban J connectivity index is 1.23. The lowest BCUT2D eigenvalue weighted by Gasteiger charge is -2.20. The summed E-state index contributed by atoms with van der Waals surface area (Å²) in [7, 11) is 0. The second-order valence-corrected chi connectivity index (χ2v) is 10.3. The van der Waals surface area contributed by atoms with E-state index in [4.69, 9.17) is 14.7 Å². The fraction of sp³-hybridized carbons (Fsp3) is 0. The van der Waals surface area contributed by atoms with Gasteiger partial charge in [-0.25, -0.2) is 9.97 Å². The molecule has 0 amide bonds. The number of benzene rings is 6.